The number of hydrogen-bond donors (Lipinski definition) is 0. The fourth-order valence-corrected chi connectivity index (χ4v) is 2.40. The maximum atomic E-state index is 5.23. The van der Waals surface area contributed by atoms with Crippen LogP contribution in [0.5, 0.6) is 0 Å². The number of hydrogen-bond acceptors (Lipinski definition) is 3. The lowest BCUT2D eigenvalue weighted by Crippen LogP contribution is -2.06. The minimum Gasteiger partial charge on any atom is -0.376 e. The molecule has 2 heterocycles. The molecule has 0 amide bonds. The molecular formula is C12H13Br3O3. The van der Waals surface area contributed by atoms with Crippen LogP contribution in [0.15, 0.2) is 31.6 Å². The summed E-state index contributed by atoms with van der Waals surface area (Å²) < 4.78 is 18.3. The van der Waals surface area contributed by atoms with Gasteiger partial charge in [-0.3, -0.25) is 0 Å². The first kappa shape index (κ1) is 14.9. The Morgan fingerprint density at radius 3 is 1.78 bits per heavy atom. The first-order valence-electron chi connectivity index (χ1n) is 5.57. The second-order valence-corrected chi connectivity index (χ2v) is 6.49. The van der Waals surface area contributed by atoms with Crippen LogP contribution in [0.1, 0.15) is 0 Å². The molecule has 0 N–H and O–H groups in total. The van der Waals surface area contributed by atoms with E-state index >= 15 is 0 Å². The lowest BCUT2D eigenvalue weighted by atomic mass is 10.4. The molecule has 2 unspecified atom stereocenters. The quantitative estimate of drug-likeness (QED) is 0.523. The molecule has 2 saturated heterocycles. The molecule has 3 nitrogen and oxygen atoms in total. The molecule has 2 aliphatic rings. The first-order valence-corrected chi connectivity index (χ1v) is 7.95. The first-order chi connectivity index (χ1) is 8.66. The van der Waals surface area contributed by atoms with Crippen molar-refractivity contribution in [2.45, 2.75) is 12.2 Å². The Morgan fingerprint density at radius 2 is 1.44 bits per heavy atom. The van der Waals surface area contributed by atoms with Crippen LogP contribution in [0.4, 0.5) is 0 Å². The molecule has 18 heavy (non-hydrogen) atoms. The van der Waals surface area contributed by atoms with E-state index in [0.717, 1.165) is 39.8 Å². The molecular weight excluding hydrogens is 432 g/mol. The molecule has 0 aromatic heterocycles. The molecule has 0 spiro atoms. The van der Waals surface area contributed by atoms with Crippen molar-refractivity contribution in [2.75, 3.05) is 26.4 Å². The summed E-state index contributed by atoms with van der Waals surface area (Å²) >= 11 is 10.1. The molecule has 0 bridgehead atoms. The van der Waals surface area contributed by atoms with Crippen molar-refractivity contribution < 1.29 is 14.2 Å². The van der Waals surface area contributed by atoms with Crippen LogP contribution in [-0.2, 0) is 14.2 Å². The predicted octanol–water partition coefficient (Wildman–Crippen LogP) is 3.77. The van der Waals surface area contributed by atoms with Gasteiger partial charge < -0.3 is 14.2 Å². The van der Waals surface area contributed by atoms with Gasteiger partial charge in [0.15, 0.2) is 0 Å². The van der Waals surface area contributed by atoms with Crippen molar-refractivity contribution >= 4 is 47.8 Å². The van der Waals surface area contributed by atoms with Gasteiger partial charge >= 0.3 is 0 Å². The Balaban J connectivity index is 0.000000134. The number of halogens is 3. The summed E-state index contributed by atoms with van der Waals surface area (Å²) in [6.07, 6.45) is 0.785. The number of rotatable bonds is 4. The van der Waals surface area contributed by atoms with Crippen molar-refractivity contribution in [1.82, 2.24) is 0 Å². The van der Waals surface area contributed by atoms with E-state index < -0.39 is 0 Å². The third kappa shape index (κ3) is 5.67. The fourth-order valence-electron chi connectivity index (χ4n) is 1.14. The Labute approximate surface area is 132 Å². The van der Waals surface area contributed by atoms with Crippen LogP contribution in [0, 0.1) is 0 Å². The highest BCUT2D eigenvalue weighted by Crippen LogP contribution is 2.29. The van der Waals surface area contributed by atoms with Crippen molar-refractivity contribution in [2.24, 2.45) is 0 Å². The van der Waals surface area contributed by atoms with E-state index in [9.17, 15) is 0 Å². The highest BCUT2D eigenvalue weighted by Gasteiger charge is 2.26. The largest absolute Gasteiger partial charge is 0.376 e. The van der Waals surface area contributed by atoms with Gasteiger partial charge in [0.25, 0.3) is 0 Å². The second kappa shape index (κ2) is 7.36. The summed E-state index contributed by atoms with van der Waals surface area (Å²) in [6, 6.07) is 5.93. The Hall–Kier alpha value is 0.540. The summed E-state index contributed by atoms with van der Waals surface area (Å²) in [7, 11) is 0. The zero-order chi connectivity index (χ0) is 13.0. The number of benzene rings is 1. The van der Waals surface area contributed by atoms with Crippen LogP contribution in [0.25, 0.3) is 0 Å². The summed E-state index contributed by atoms with van der Waals surface area (Å²) in [5.41, 5.74) is 0. The molecule has 0 saturated carbocycles. The normalized spacial score (nSPS) is 24.2. The van der Waals surface area contributed by atoms with E-state index in [0.29, 0.717) is 12.2 Å². The van der Waals surface area contributed by atoms with Crippen LogP contribution >= 0.6 is 47.8 Å². The van der Waals surface area contributed by atoms with Gasteiger partial charge in [-0.25, -0.2) is 0 Å². The highest BCUT2D eigenvalue weighted by atomic mass is 79.9. The monoisotopic (exact) mass is 442 g/mol. The predicted molar refractivity (Wildman–Crippen MR) is 79.8 cm³/mol. The van der Waals surface area contributed by atoms with Crippen molar-refractivity contribution in [3.8, 4) is 0 Å². The Morgan fingerprint density at radius 1 is 1.00 bits per heavy atom. The van der Waals surface area contributed by atoms with Gasteiger partial charge in [-0.2, -0.15) is 0 Å². The van der Waals surface area contributed by atoms with Gasteiger partial charge in [-0.1, -0.05) is 6.07 Å². The van der Waals surface area contributed by atoms with Gasteiger partial charge in [-0.15, -0.1) is 0 Å². The third-order valence-corrected chi connectivity index (χ3v) is 5.56. The van der Waals surface area contributed by atoms with Gasteiger partial charge in [0.2, 0.25) is 0 Å². The molecule has 0 aliphatic carbocycles. The van der Waals surface area contributed by atoms with E-state index in [1.807, 2.05) is 18.2 Å². The molecule has 2 aliphatic heterocycles. The Bertz CT molecular complexity index is 360. The summed E-state index contributed by atoms with van der Waals surface area (Å²) in [5, 5.41) is 0. The average molecular weight is 445 g/mol. The molecule has 2 atom stereocenters. The van der Waals surface area contributed by atoms with E-state index in [1.54, 1.807) is 0 Å². The second-order valence-electron chi connectivity index (χ2n) is 3.98. The minimum atomic E-state index is 0.392. The van der Waals surface area contributed by atoms with Crippen molar-refractivity contribution in [3.63, 3.8) is 0 Å². The minimum absolute atomic E-state index is 0.392. The maximum absolute atomic E-state index is 5.23. The molecule has 2 fully saturated rings. The smallest absolute Gasteiger partial charge is 0.104 e. The Kier molecular flexibility index (Phi) is 6.11. The summed E-state index contributed by atoms with van der Waals surface area (Å²) in [4.78, 5) is 0. The van der Waals surface area contributed by atoms with Gasteiger partial charge in [0.1, 0.15) is 12.2 Å². The van der Waals surface area contributed by atoms with Crippen molar-refractivity contribution in [1.29, 1.82) is 0 Å². The lowest BCUT2D eigenvalue weighted by Gasteiger charge is -1.95. The molecule has 100 valence electrons. The van der Waals surface area contributed by atoms with Crippen LogP contribution < -0.4 is 0 Å². The number of ether oxygens (including phenoxy) is 3. The third-order valence-electron chi connectivity index (χ3n) is 2.32. The van der Waals surface area contributed by atoms with E-state index in [-0.39, 0.29) is 0 Å². The van der Waals surface area contributed by atoms with Crippen LogP contribution in [-0.4, -0.2) is 38.6 Å². The molecule has 3 rings (SSSR count). The van der Waals surface area contributed by atoms with E-state index in [1.165, 1.54) is 0 Å². The highest BCUT2D eigenvalue weighted by molar-refractivity contribution is 9.14. The van der Waals surface area contributed by atoms with Crippen LogP contribution in [0.2, 0.25) is 0 Å². The van der Waals surface area contributed by atoms with Gasteiger partial charge in [0, 0.05) is 13.4 Å². The van der Waals surface area contributed by atoms with Gasteiger partial charge in [-0.05, 0) is 59.9 Å². The molecule has 0 radical (unpaired) electrons. The fraction of sp³-hybridized carbons (Fsp3) is 0.500. The topological polar surface area (TPSA) is 34.3 Å². The van der Waals surface area contributed by atoms with Crippen LogP contribution in [0.3, 0.4) is 0 Å². The SMILES string of the molecule is Brc1cccc(Br)c1Br.C(OCC1CO1)C1CO1. The summed E-state index contributed by atoms with van der Waals surface area (Å²) in [6.45, 7) is 3.26. The zero-order valence-corrected chi connectivity index (χ0v) is 14.3. The number of epoxide rings is 2. The average Bonchev–Trinajstić information content (AvgIpc) is 3.20. The van der Waals surface area contributed by atoms with Crippen molar-refractivity contribution in [3.05, 3.63) is 31.6 Å². The van der Waals surface area contributed by atoms with Gasteiger partial charge in [0.05, 0.1) is 26.4 Å². The molecule has 6 heteroatoms. The lowest BCUT2D eigenvalue weighted by molar-refractivity contribution is 0.102. The molecule has 1 aromatic rings. The van der Waals surface area contributed by atoms with E-state index in [4.69, 9.17) is 14.2 Å². The summed E-state index contributed by atoms with van der Waals surface area (Å²) in [5.74, 6) is 0. The standard InChI is InChI=1S/C6H3Br3.C6H10O3/c7-4-2-1-3-5(8)6(4)9;1(5-3-8-5)7-2-6-4-9-6/h1-3H;5-6H,1-4H2. The van der Waals surface area contributed by atoms with E-state index in [2.05, 4.69) is 47.8 Å². The molecule has 1 aromatic carbocycles. The zero-order valence-electron chi connectivity index (χ0n) is 9.57. The maximum Gasteiger partial charge on any atom is 0.104 e.